The first-order valence-electron chi connectivity index (χ1n) is 10.3. The third-order valence-corrected chi connectivity index (χ3v) is 6.93. The van der Waals surface area contributed by atoms with Crippen LogP contribution in [0.25, 0.3) is 0 Å². The van der Waals surface area contributed by atoms with Gasteiger partial charge in [-0.15, -0.1) is 11.3 Å². The van der Waals surface area contributed by atoms with Gasteiger partial charge in [0.2, 0.25) is 5.91 Å². The molecule has 1 aliphatic rings. The molecule has 3 heterocycles. The molecular formula is C23H24ClN3O3S. The van der Waals surface area contributed by atoms with Gasteiger partial charge in [-0.2, -0.15) is 0 Å². The van der Waals surface area contributed by atoms with E-state index in [1.807, 2.05) is 40.6 Å². The number of furan rings is 1. The molecule has 1 aliphatic heterocycles. The summed E-state index contributed by atoms with van der Waals surface area (Å²) in [6.07, 6.45) is 3.61. The molecule has 2 aromatic heterocycles. The Hall–Kier alpha value is -2.64. The lowest BCUT2D eigenvalue weighted by molar-refractivity contribution is -0.131. The second-order valence-corrected chi connectivity index (χ2v) is 9.03. The van der Waals surface area contributed by atoms with Crippen LogP contribution in [-0.2, 0) is 17.8 Å². The third kappa shape index (κ3) is 5.17. The molecule has 2 amide bonds. The first-order valence-corrected chi connectivity index (χ1v) is 11.5. The van der Waals surface area contributed by atoms with Crippen LogP contribution in [0.5, 0.6) is 0 Å². The van der Waals surface area contributed by atoms with Crippen molar-refractivity contribution in [3.8, 4) is 0 Å². The number of piperidine rings is 1. The summed E-state index contributed by atoms with van der Waals surface area (Å²) in [5.74, 6) is 0.985. The molecule has 31 heavy (non-hydrogen) atoms. The summed E-state index contributed by atoms with van der Waals surface area (Å²) in [4.78, 5) is 33.4. The van der Waals surface area contributed by atoms with Crippen LogP contribution in [0.15, 0.2) is 52.5 Å². The Morgan fingerprint density at radius 3 is 2.71 bits per heavy atom. The SMILES string of the molecule is CN(Cc1ccco1)C(=O)c1csc(C2CCN(C(=O)Cc3ccccc3Cl)CC2)n1. The lowest BCUT2D eigenvalue weighted by atomic mass is 9.97. The summed E-state index contributed by atoms with van der Waals surface area (Å²) in [7, 11) is 1.74. The molecule has 0 radical (unpaired) electrons. The van der Waals surface area contributed by atoms with Crippen molar-refractivity contribution in [2.24, 2.45) is 0 Å². The third-order valence-electron chi connectivity index (χ3n) is 5.56. The zero-order valence-corrected chi connectivity index (χ0v) is 18.9. The molecule has 0 bridgehead atoms. The summed E-state index contributed by atoms with van der Waals surface area (Å²) >= 11 is 7.71. The van der Waals surface area contributed by atoms with E-state index in [0.29, 0.717) is 36.8 Å². The molecule has 3 aromatic rings. The van der Waals surface area contributed by atoms with E-state index in [1.54, 1.807) is 24.3 Å². The van der Waals surface area contributed by atoms with Gasteiger partial charge in [-0.25, -0.2) is 4.98 Å². The zero-order chi connectivity index (χ0) is 21.8. The highest BCUT2D eigenvalue weighted by atomic mass is 35.5. The van der Waals surface area contributed by atoms with Crippen LogP contribution < -0.4 is 0 Å². The van der Waals surface area contributed by atoms with Gasteiger partial charge in [0.15, 0.2) is 0 Å². The molecule has 0 unspecified atom stereocenters. The van der Waals surface area contributed by atoms with Crippen LogP contribution in [0.1, 0.15) is 45.6 Å². The normalized spacial score (nSPS) is 14.6. The number of rotatable bonds is 6. The quantitative estimate of drug-likeness (QED) is 0.542. The maximum atomic E-state index is 12.7. The molecule has 0 atom stereocenters. The van der Waals surface area contributed by atoms with E-state index in [0.717, 1.165) is 29.2 Å². The highest BCUT2D eigenvalue weighted by Crippen LogP contribution is 2.31. The topological polar surface area (TPSA) is 66.7 Å². The van der Waals surface area contributed by atoms with Gasteiger partial charge in [-0.3, -0.25) is 9.59 Å². The second-order valence-electron chi connectivity index (χ2n) is 7.73. The molecule has 4 rings (SSSR count). The maximum absolute atomic E-state index is 12.7. The number of thiazole rings is 1. The van der Waals surface area contributed by atoms with Gasteiger partial charge in [0, 0.05) is 36.5 Å². The molecule has 162 valence electrons. The Labute approximate surface area is 190 Å². The number of carbonyl (C=O) groups is 2. The van der Waals surface area contributed by atoms with Crippen LogP contribution in [-0.4, -0.2) is 46.7 Å². The molecule has 0 aliphatic carbocycles. The van der Waals surface area contributed by atoms with Crippen molar-refractivity contribution in [2.45, 2.75) is 31.7 Å². The predicted octanol–water partition coefficient (Wildman–Crippen LogP) is 4.61. The van der Waals surface area contributed by atoms with Crippen molar-refractivity contribution in [3.05, 3.63) is 75.1 Å². The minimum absolute atomic E-state index is 0.0982. The first-order chi connectivity index (χ1) is 15.0. The summed E-state index contributed by atoms with van der Waals surface area (Å²) in [6.45, 7) is 1.79. The summed E-state index contributed by atoms with van der Waals surface area (Å²) < 4.78 is 5.31. The van der Waals surface area contributed by atoms with E-state index < -0.39 is 0 Å². The zero-order valence-electron chi connectivity index (χ0n) is 17.3. The van der Waals surface area contributed by atoms with Crippen LogP contribution in [0, 0.1) is 0 Å². The van der Waals surface area contributed by atoms with Crippen LogP contribution >= 0.6 is 22.9 Å². The van der Waals surface area contributed by atoms with E-state index in [4.69, 9.17) is 16.0 Å². The van der Waals surface area contributed by atoms with Crippen molar-refractivity contribution >= 4 is 34.8 Å². The van der Waals surface area contributed by atoms with Crippen LogP contribution in [0.3, 0.4) is 0 Å². The van der Waals surface area contributed by atoms with Crippen molar-refractivity contribution < 1.29 is 14.0 Å². The van der Waals surface area contributed by atoms with Gasteiger partial charge in [0.1, 0.15) is 11.5 Å². The fraction of sp³-hybridized carbons (Fsp3) is 0.348. The average Bonchev–Trinajstić information content (AvgIpc) is 3.47. The largest absolute Gasteiger partial charge is 0.467 e. The van der Waals surface area contributed by atoms with E-state index in [2.05, 4.69) is 4.98 Å². The van der Waals surface area contributed by atoms with Crippen LogP contribution in [0.2, 0.25) is 5.02 Å². The molecule has 1 fully saturated rings. The molecule has 0 N–H and O–H groups in total. The molecule has 8 heteroatoms. The lowest BCUT2D eigenvalue weighted by Crippen LogP contribution is -2.38. The number of aromatic nitrogens is 1. The molecule has 0 spiro atoms. The number of carbonyl (C=O) groups excluding carboxylic acids is 2. The minimum Gasteiger partial charge on any atom is -0.467 e. The number of hydrogen-bond acceptors (Lipinski definition) is 5. The number of hydrogen-bond donors (Lipinski definition) is 0. The van der Waals surface area contributed by atoms with Crippen molar-refractivity contribution in [3.63, 3.8) is 0 Å². The fourth-order valence-corrected chi connectivity index (χ4v) is 4.94. The Morgan fingerprint density at radius 2 is 2.00 bits per heavy atom. The minimum atomic E-state index is -0.119. The molecule has 6 nitrogen and oxygen atoms in total. The predicted molar refractivity (Wildman–Crippen MR) is 120 cm³/mol. The van der Waals surface area contributed by atoms with E-state index >= 15 is 0 Å². The Morgan fingerprint density at radius 1 is 1.23 bits per heavy atom. The number of likely N-dealkylation sites (tertiary alicyclic amines) is 1. The summed E-state index contributed by atoms with van der Waals surface area (Å²) in [5.41, 5.74) is 1.32. The lowest BCUT2D eigenvalue weighted by Gasteiger charge is -2.31. The Balaban J connectivity index is 1.31. The summed E-state index contributed by atoms with van der Waals surface area (Å²) in [5, 5.41) is 3.42. The van der Waals surface area contributed by atoms with E-state index in [9.17, 15) is 9.59 Å². The number of amides is 2. The maximum Gasteiger partial charge on any atom is 0.273 e. The van der Waals surface area contributed by atoms with Crippen molar-refractivity contribution in [1.82, 2.24) is 14.8 Å². The van der Waals surface area contributed by atoms with Gasteiger partial charge >= 0.3 is 0 Å². The number of nitrogens with zero attached hydrogens (tertiary/aromatic N) is 3. The summed E-state index contributed by atoms with van der Waals surface area (Å²) in [6, 6.07) is 11.1. The highest BCUT2D eigenvalue weighted by molar-refractivity contribution is 7.09. The number of halogens is 1. The first kappa shape index (κ1) is 21.6. The second kappa shape index (κ2) is 9.66. The Kier molecular flexibility index (Phi) is 6.73. The van der Waals surface area contributed by atoms with E-state index in [-0.39, 0.29) is 17.7 Å². The fourth-order valence-electron chi connectivity index (χ4n) is 3.77. The van der Waals surface area contributed by atoms with Gasteiger partial charge < -0.3 is 14.2 Å². The average molecular weight is 458 g/mol. The van der Waals surface area contributed by atoms with Crippen molar-refractivity contribution in [1.29, 1.82) is 0 Å². The van der Waals surface area contributed by atoms with Gasteiger partial charge in [0.25, 0.3) is 5.91 Å². The van der Waals surface area contributed by atoms with Crippen LogP contribution in [0.4, 0.5) is 0 Å². The van der Waals surface area contributed by atoms with Gasteiger partial charge in [-0.1, -0.05) is 29.8 Å². The highest BCUT2D eigenvalue weighted by Gasteiger charge is 2.27. The number of benzene rings is 1. The monoisotopic (exact) mass is 457 g/mol. The molecular weight excluding hydrogens is 434 g/mol. The van der Waals surface area contributed by atoms with Gasteiger partial charge in [-0.05, 0) is 36.6 Å². The molecule has 1 aromatic carbocycles. The molecule has 1 saturated heterocycles. The van der Waals surface area contributed by atoms with Gasteiger partial charge in [0.05, 0.1) is 24.2 Å². The molecule has 0 saturated carbocycles. The van der Waals surface area contributed by atoms with E-state index in [1.165, 1.54) is 11.3 Å². The Bertz CT molecular complexity index is 1040. The smallest absolute Gasteiger partial charge is 0.273 e. The standard InChI is InChI=1S/C23H24ClN3O3S/c1-26(14-18-6-4-12-30-18)23(29)20-15-31-22(25-20)16-8-10-27(11-9-16)21(28)13-17-5-2-3-7-19(17)24/h2-7,12,15-16H,8-11,13-14H2,1H3. The van der Waals surface area contributed by atoms with Crippen molar-refractivity contribution in [2.75, 3.05) is 20.1 Å².